The minimum absolute atomic E-state index is 0.179. The van der Waals surface area contributed by atoms with E-state index in [9.17, 15) is 4.79 Å². The third-order valence-electron chi connectivity index (χ3n) is 1.39. The first-order valence-corrected chi connectivity index (χ1v) is 5.26. The van der Waals surface area contributed by atoms with Crippen molar-refractivity contribution in [3.63, 3.8) is 0 Å². The molecule has 1 aromatic heterocycles. The topological polar surface area (TPSA) is 72.1 Å². The lowest BCUT2D eigenvalue weighted by molar-refractivity contribution is -0.116. The lowest BCUT2D eigenvalue weighted by Gasteiger charge is -2.16. The van der Waals surface area contributed by atoms with E-state index in [2.05, 4.69) is 26.1 Å². The first-order valence-electron chi connectivity index (χ1n) is 3.65. The first-order chi connectivity index (χ1) is 6.13. The second-order valence-electron chi connectivity index (χ2n) is 2.32. The Morgan fingerprint density at radius 2 is 2.38 bits per heavy atom. The minimum atomic E-state index is -0.367. The highest BCUT2D eigenvalue weighted by Crippen LogP contribution is 2.23. The fourth-order valence-corrected chi connectivity index (χ4v) is 1.98. The van der Waals surface area contributed by atoms with Gasteiger partial charge < -0.3 is 10.6 Å². The van der Waals surface area contributed by atoms with Gasteiger partial charge in [-0.05, 0) is 22.9 Å². The van der Waals surface area contributed by atoms with Crippen LogP contribution < -0.4 is 10.6 Å². The fraction of sp³-hybridized carbons (Fsp3) is 0.500. The van der Waals surface area contributed by atoms with E-state index in [1.165, 1.54) is 11.3 Å². The summed E-state index contributed by atoms with van der Waals surface area (Å²) in [6, 6.07) is 0. The molecule has 0 aliphatic carbocycles. The molecule has 1 amide bonds. The van der Waals surface area contributed by atoms with Crippen LogP contribution in [0.5, 0.6) is 0 Å². The third kappa shape index (κ3) is 2.92. The van der Waals surface area contributed by atoms with Gasteiger partial charge >= 0.3 is 0 Å². The number of amides is 1. The number of hydrogen-bond acceptors (Lipinski definition) is 5. The zero-order chi connectivity index (χ0) is 9.84. The van der Waals surface area contributed by atoms with Gasteiger partial charge in [-0.2, -0.15) is 0 Å². The van der Waals surface area contributed by atoms with E-state index >= 15 is 0 Å². The van der Waals surface area contributed by atoms with Crippen LogP contribution in [0.3, 0.4) is 0 Å². The molecule has 1 heterocycles. The summed E-state index contributed by atoms with van der Waals surface area (Å²) in [5, 5.41) is 8.37. The predicted octanol–water partition coefficient (Wildman–Crippen LogP) is 0.612. The number of hydrogen-bond donors (Lipinski definition) is 1. The summed E-state index contributed by atoms with van der Waals surface area (Å²) in [6.45, 7) is 2.79. The number of anilines is 1. The second kappa shape index (κ2) is 4.52. The summed E-state index contributed by atoms with van der Waals surface area (Å²) in [5.41, 5.74) is 5.08. The highest BCUT2D eigenvalue weighted by atomic mass is 79.9. The van der Waals surface area contributed by atoms with Gasteiger partial charge in [0.15, 0.2) is 3.92 Å². The van der Waals surface area contributed by atoms with Crippen LogP contribution in [-0.2, 0) is 4.79 Å². The van der Waals surface area contributed by atoms with Crippen molar-refractivity contribution in [1.82, 2.24) is 10.2 Å². The van der Waals surface area contributed by atoms with Crippen molar-refractivity contribution in [3.8, 4) is 0 Å². The minimum Gasteiger partial charge on any atom is -0.368 e. The average molecular weight is 265 g/mol. The molecule has 2 N–H and O–H groups in total. The monoisotopic (exact) mass is 264 g/mol. The molecule has 0 saturated carbocycles. The maximum absolute atomic E-state index is 10.7. The quantitative estimate of drug-likeness (QED) is 0.865. The van der Waals surface area contributed by atoms with E-state index in [1.54, 1.807) is 4.90 Å². The number of aromatic nitrogens is 2. The summed E-state index contributed by atoms with van der Waals surface area (Å²) in [6.07, 6.45) is 0. The Hall–Kier alpha value is -0.690. The van der Waals surface area contributed by atoms with Crippen LogP contribution in [0, 0.1) is 0 Å². The maximum atomic E-state index is 10.7. The van der Waals surface area contributed by atoms with Crippen molar-refractivity contribution < 1.29 is 4.79 Å². The van der Waals surface area contributed by atoms with Crippen molar-refractivity contribution in [1.29, 1.82) is 0 Å². The molecule has 0 unspecified atom stereocenters. The van der Waals surface area contributed by atoms with Crippen LogP contribution >= 0.6 is 27.3 Å². The molecule has 0 bridgehead atoms. The Bertz CT molecular complexity index is 303. The molecule has 1 rings (SSSR count). The Morgan fingerprint density at radius 1 is 1.69 bits per heavy atom. The second-order valence-corrected chi connectivity index (χ2v) is 4.55. The summed E-state index contributed by atoms with van der Waals surface area (Å²) >= 11 is 4.57. The van der Waals surface area contributed by atoms with Crippen LogP contribution in [0.4, 0.5) is 5.13 Å². The summed E-state index contributed by atoms with van der Waals surface area (Å²) in [5.74, 6) is -0.367. The molecule has 7 heteroatoms. The van der Waals surface area contributed by atoms with Crippen LogP contribution in [-0.4, -0.2) is 29.2 Å². The number of carbonyl (C=O) groups excluding carboxylic acids is 1. The van der Waals surface area contributed by atoms with Crippen molar-refractivity contribution in [3.05, 3.63) is 3.92 Å². The van der Waals surface area contributed by atoms with Gasteiger partial charge in [-0.3, -0.25) is 4.79 Å². The molecule has 13 heavy (non-hydrogen) atoms. The van der Waals surface area contributed by atoms with Crippen molar-refractivity contribution in [2.45, 2.75) is 6.92 Å². The number of nitrogens with two attached hydrogens (primary N) is 1. The number of likely N-dealkylation sites (N-methyl/N-ethyl adjacent to an activating group) is 1. The zero-order valence-electron chi connectivity index (χ0n) is 7.03. The van der Waals surface area contributed by atoms with E-state index in [0.717, 1.165) is 0 Å². The molecule has 0 radical (unpaired) electrons. The number of halogens is 1. The molecule has 1 aromatic rings. The van der Waals surface area contributed by atoms with Gasteiger partial charge in [-0.25, -0.2) is 0 Å². The summed E-state index contributed by atoms with van der Waals surface area (Å²) < 4.78 is 0.699. The molecule has 0 saturated heterocycles. The van der Waals surface area contributed by atoms with E-state index < -0.39 is 0 Å². The molecule has 72 valence electrons. The molecule has 0 spiro atoms. The lowest BCUT2D eigenvalue weighted by Crippen LogP contribution is -2.33. The van der Waals surface area contributed by atoms with E-state index in [0.29, 0.717) is 15.6 Å². The SMILES string of the molecule is CCN(CC(N)=O)c1nnc(Br)s1. The van der Waals surface area contributed by atoms with Gasteiger partial charge in [0.1, 0.15) is 0 Å². The van der Waals surface area contributed by atoms with E-state index in [4.69, 9.17) is 5.73 Å². The van der Waals surface area contributed by atoms with Crippen molar-refractivity contribution in [2.75, 3.05) is 18.0 Å². The summed E-state index contributed by atoms with van der Waals surface area (Å²) in [7, 11) is 0. The van der Waals surface area contributed by atoms with Gasteiger partial charge in [-0.15, -0.1) is 10.2 Å². The van der Waals surface area contributed by atoms with Crippen molar-refractivity contribution in [2.24, 2.45) is 5.73 Å². The molecule has 0 aliphatic heterocycles. The third-order valence-corrected chi connectivity index (χ3v) is 2.81. The molecule has 0 aliphatic rings. The Kier molecular flexibility index (Phi) is 3.61. The standard InChI is InChI=1S/C6H9BrN4OS/c1-2-11(3-4(8)12)6-10-9-5(7)13-6/h2-3H2,1H3,(H2,8,12). The van der Waals surface area contributed by atoms with Crippen LogP contribution in [0.15, 0.2) is 3.92 Å². The van der Waals surface area contributed by atoms with Gasteiger partial charge in [0.25, 0.3) is 0 Å². The van der Waals surface area contributed by atoms with Crippen LogP contribution in [0.1, 0.15) is 6.92 Å². The lowest BCUT2D eigenvalue weighted by atomic mass is 10.5. The van der Waals surface area contributed by atoms with E-state index in [-0.39, 0.29) is 12.5 Å². The highest BCUT2D eigenvalue weighted by molar-refractivity contribution is 9.11. The Labute approximate surface area is 88.1 Å². The molecule has 0 aromatic carbocycles. The highest BCUT2D eigenvalue weighted by Gasteiger charge is 2.11. The number of primary amides is 1. The van der Waals surface area contributed by atoms with Crippen LogP contribution in [0.2, 0.25) is 0 Å². The summed E-state index contributed by atoms with van der Waals surface area (Å²) in [4.78, 5) is 12.4. The van der Waals surface area contributed by atoms with Crippen molar-refractivity contribution >= 4 is 38.3 Å². The number of rotatable bonds is 4. The molecular formula is C6H9BrN4OS. The normalized spacial score (nSPS) is 10.0. The van der Waals surface area contributed by atoms with Crippen LogP contribution in [0.25, 0.3) is 0 Å². The Morgan fingerprint density at radius 3 is 2.77 bits per heavy atom. The molecule has 0 fully saturated rings. The number of nitrogens with zero attached hydrogens (tertiary/aromatic N) is 3. The largest absolute Gasteiger partial charge is 0.368 e. The molecular weight excluding hydrogens is 256 g/mol. The van der Waals surface area contributed by atoms with E-state index in [1.807, 2.05) is 6.92 Å². The van der Waals surface area contributed by atoms with Gasteiger partial charge in [0.05, 0.1) is 6.54 Å². The average Bonchev–Trinajstić information content (AvgIpc) is 2.47. The number of carbonyl (C=O) groups is 1. The Balaban J connectivity index is 2.72. The zero-order valence-corrected chi connectivity index (χ0v) is 9.43. The first kappa shape index (κ1) is 10.4. The molecule has 5 nitrogen and oxygen atoms in total. The van der Waals surface area contributed by atoms with Gasteiger partial charge in [0, 0.05) is 6.54 Å². The molecule has 0 atom stereocenters. The maximum Gasteiger partial charge on any atom is 0.237 e. The van der Waals surface area contributed by atoms with Gasteiger partial charge in [-0.1, -0.05) is 11.3 Å². The van der Waals surface area contributed by atoms with Gasteiger partial charge in [0.2, 0.25) is 11.0 Å². The fourth-order valence-electron chi connectivity index (χ4n) is 0.829. The smallest absolute Gasteiger partial charge is 0.237 e. The predicted molar refractivity (Wildman–Crippen MR) is 54.7 cm³/mol.